The predicted octanol–water partition coefficient (Wildman–Crippen LogP) is 0.518. The second-order valence-electron chi connectivity index (χ2n) is 2.55. The summed E-state index contributed by atoms with van der Waals surface area (Å²) in [6.07, 6.45) is 0. The summed E-state index contributed by atoms with van der Waals surface area (Å²) in [5.74, 6) is -0.557. The lowest BCUT2D eigenvalue weighted by molar-refractivity contribution is 0.0520. The van der Waals surface area contributed by atoms with E-state index in [1.54, 1.807) is 13.8 Å². The summed E-state index contributed by atoms with van der Waals surface area (Å²) in [4.78, 5) is 19.2. The summed E-state index contributed by atoms with van der Waals surface area (Å²) in [7, 11) is 5.53. The molecule has 0 atom stereocenters. The molecule has 0 amide bonds. The molecule has 1 rings (SSSR count). The average molecular weight is 255 g/mol. The molecule has 1 heterocycles. The number of halogens is 1. The largest absolute Gasteiger partial charge is 0.461 e. The van der Waals surface area contributed by atoms with Crippen LogP contribution in [0.25, 0.3) is 0 Å². The molecule has 0 saturated carbocycles. The molecule has 0 aliphatic heterocycles. The van der Waals surface area contributed by atoms with Gasteiger partial charge in [0.15, 0.2) is 5.69 Å². The first-order valence-electron chi connectivity index (χ1n) is 4.03. The van der Waals surface area contributed by atoms with E-state index in [9.17, 15) is 4.79 Å². The van der Waals surface area contributed by atoms with E-state index in [-0.39, 0.29) is 17.9 Å². The maximum atomic E-state index is 11.3. The first-order valence-corrected chi connectivity index (χ1v) is 4.82. The van der Waals surface area contributed by atoms with Crippen LogP contribution < -0.4 is 5.59 Å². The van der Waals surface area contributed by atoms with Crippen molar-refractivity contribution in [3.63, 3.8) is 0 Å². The number of carbonyl (C=O) groups excluding carboxylic acids is 1. The van der Waals surface area contributed by atoms with E-state index in [0.29, 0.717) is 10.3 Å². The summed E-state index contributed by atoms with van der Waals surface area (Å²) in [5, 5.41) is 0. The molecule has 0 aliphatic rings. The quantitative estimate of drug-likeness (QED) is 0.571. The number of ether oxygens (including phenoxy) is 1. The number of esters is 1. The molecule has 0 N–H and O–H groups in total. The summed E-state index contributed by atoms with van der Waals surface area (Å²) < 4.78 is 5.26. The molecule has 0 bridgehead atoms. The van der Waals surface area contributed by atoms with Crippen LogP contribution in [0.5, 0.6) is 0 Å². The van der Waals surface area contributed by atoms with Gasteiger partial charge in [0.1, 0.15) is 12.4 Å². The van der Waals surface area contributed by atoms with Crippen molar-refractivity contribution in [1.29, 1.82) is 0 Å². The van der Waals surface area contributed by atoms with Gasteiger partial charge in [0, 0.05) is 5.59 Å². The maximum absolute atomic E-state index is 11.3. The van der Waals surface area contributed by atoms with Crippen LogP contribution in [0.15, 0.2) is 4.60 Å². The molecular formula is C8H8BBrN2O2. The van der Waals surface area contributed by atoms with Gasteiger partial charge in [-0.2, -0.15) is 0 Å². The minimum atomic E-state index is -0.557. The van der Waals surface area contributed by atoms with Crippen molar-refractivity contribution >= 4 is 35.3 Å². The van der Waals surface area contributed by atoms with Crippen LogP contribution in [-0.4, -0.2) is 30.4 Å². The van der Waals surface area contributed by atoms with Crippen LogP contribution in [0.3, 0.4) is 0 Å². The minimum Gasteiger partial charge on any atom is -0.461 e. The second-order valence-corrected chi connectivity index (χ2v) is 3.31. The van der Waals surface area contributed by atoms with Crippen LogP contribution in [-0.2, 0) is 4.74 Å². The molecule has 0 unspecified atom stereocenters. The van der Waals surface area contributed by atoms with Crippen LogP contribution in [0.2, 0.25) is 0 Å². The Bertz CT molecular complexity index is 371. The van der Waals surface area contributed by atoms with E-state index < -0.39 is 5.97 Å². The van der Waals surface area contributed by atoms with Gasteiger partial charge in [-0.25, -0.2) is 9.78 Å². The van der Waals surface area contributed by atoms with Gasteiger partial charge in [0.2, 0.25) is 0 Å². The molecule has 0 saturated heterocycles. The lowest BCUT2D eigenvalue weighted by atomic mass is 10.0. The van der Waals surface area contributed by atoms with Crippen molar-refractivity contribution in [1.82, 2.24) is 9.97 Å². The Morgan fingerprint density at radius 1 is 1.57 bits per heavy atom. The average Bonchev–Trinajstić information content (AvgIpc) is 2.11. The van der Waals surface area contributed by atoms with E-state index in [1.165, 1.54) is 0 Å². The zero-order chi connectivity index (χ0) is 10.7. The lowest BCUT2D eigenvalue weighted by Gasteiger charge is -2.06. The number of rotatable bonds is 2. The van der Waals surface area contributed by atoms with Crippen molar-refractivity contribution in [3.8, 4) is 0 Å². The van der Waals surface area contributed by atoms with E-state index in [0.717, 1.165) is 0 Å². The SMILES string of the molecule is [B]c1nc(C)c(Br)nc1C(=O)OCC. The predicted molar refractivity (Wildman–Crippen MR) is 55.8 cm³/mol. The van der Waals surface area contributed by atoms with Gasteiger partial charge in [-0.15, -0.1) is 0 Å². The van der Waals surface area contributed by atoms with Crippen molar-refractivity contribution in [3.05, 3.63) is 16.0 Å². The Morgan fingerprint density at radius 3 is 2.79 bits per heavy atom. The minimum absolute atomic E-state index is 0.0457. The molecule has 0 aliphatic carbocycles. The highest BCUT2D eigenvalue weighted by Crippen LogP contribution is 2.09. The Balaban J connectivity index is 3.09. The van der Waals surface area contributed by atoms with Crippen LogP contribution in [0.1, 0.15) is 23.1 Å². The monoisotopic (exact) mass is 254 g/mol. The lowest BCUT2D eigenvalue weighted by Crippen LogP contribution is -2.24. The molecule has 0 fully saturated rings. The van der Waals surface area contributed by atoms with Crippen molar-refractivity contribution in [2.24, 2.45) is 0 Å². The fraction of sp³-hybridized carbons (Fsp3) is 0.375. The number of nitrogens with zero attached hydrogens (tertiary/aromatic N) is 2. The molecule has 6 heteroatoms. The normalized spacial score (nSPS) is 9.93. The molecule has 1 aromatic rings. The Labute approximate surface area is 91.6 Å². The Hall–Kier alpha value is -0.905. The molecule has 14 heavy (non-hydrogen) atoms. The molecule has 2 radical (unpaired) electrons. The number of aromatic nitrogens is 2. The van der Waals surface area contributed by atoms with E-state index in [1.807, 2.05) is 0 Å². The number of hydrogen-bond acceptors (Lipinski definition) is 4. The van der Waals surface area contributed by atoms with Gasteiger partial charge < -0.3 is 4.74 Å². The van der Waals surface area contributed by atoms with Crippen molar-refractivity contribution in [2.75, 3.05) is 6.61 Å². The van der Waals surface area contributed by atoms with Crippen molar-refractivity contribution in [2.45, 2.75) is 13.8 Å². The first-order chi connectivity index (χ1) is 6.56. The second kappa shape index (κ2) is 4.55. The number of hydrogen-bond donors (Lipinski definition) is 0. The third kappa shape index (κ3) is 2.32. The molecular weight excluding hydrogens is 247 g/mol. The Kier molecular flexibility index (Phi) is 3.63. The van der Waals surface area contributed by atoms with Crippen LogP contribution in [0.4, 0.5) is 0 Å². The number of aryl methyl sites for hydroxylation is 1. The summed E-state index contributed by atoms with van der Waals surface area (Å²) in [5.41, 5.74) is 0.768. The topological polar surface area (TPSA) is 52.1 Å². The standard InChI is InChI=1S/C8H8BBrN2O2/c1-3-14-8(13)5-6(9)11-4(2)7(10)12-5/h3H2,1-2H3. The molecule has 0 spiro atoms. The van der Waals surface area contributed by atoms with Gasteiger partial charge >= 0.3 is 5.97 Å². The van der Waals surface area contributed by atoms with Gasteiger partial charge in [-0.3, -0.25) is 4.98 Å². The van der Waals surface area contributed by atoms with Crippen LogP contribution >= 0.6 is 15.9 Å². The summed E-state index contributed by atoms with van der Waals surface area (Å²) in [6, 6.07) is 0. The van der Waals surface area contributed by atoms with Gasteiger partial charge in [0.25, 0.3) is 0 Å². The summed E-state index contributed by atoms with van der Waals surface area (Å²) in [6.45, 7) is 3.73. The smallest absolute Gasteiger partial charge is 0.357 e. The highest BCUT2D eigenvalue weighted by atomic mass is 79.9. The molecule has 72 valence electrons. The van der Waals surface area contributed by atoms with Crippen molar-refractivity contribution < 1.29 is 9.53 Å². The molecule has 0 aromatic carbocycles. The number of carbonyl (C=O) groups is 1. The van der Waals surface area contributed by atoms with E-state index in [4.69, 9.17) is 12.6 Å². The van der Waals surface area contributed by atoms with E-state index in [2.05, 4.69) is 25.9 Å². The molecule has 1 aromatic heterocycles. The summed E-state index contributed by atoms with van der Waals surface area (Å²) >= 11 is 3.16. The Morgan fingerprint density at radius 2 is 2.21 bits per heavy atom. The fourth-order valence-electron chi connectivity index (χ4n) is 0.866. The highest BCUT2D eigenvalue weighted by Gasteiger charge is 2.14. The molecule has 4 nitrogen and oxygen atoms in total. The zero-order valence-electron chi connectivity index (χ0n) is 7.87. The maximum Gasteiger partial charge on any atom is 0.357 e. The van der Waals surface area contributed by atoms with Gasteiger partial charge in [-0.05, 0) is 29.8 Å². The highest BCUT2D eigenvalue weighted by molar-refractivity contribution is 9.10. The third-order valence-electron chi connectivity index (χ3n) is 1.51. The van der Waals surface area contributed by atoms with E-state index >= 15 is 0 Å². The first kappa shape index (κ1) is 11.2. The van der Waals surface area contributed by atoms with Gasteiger partial charge in [-0.1, -0.05) is 0 Å². The van der Waals surface area contributed by atoms with Crippen LogP contribution in [0, 0.1) is 6.92 Å². The zero-order valence-corrected chi connectivity index (χ0v) is 9.46. The van der Waals surface area contributed by atoms with Gasteiger partial charge in [0.05, 0.1) is 12.3 Å². The fourth-order valence-corrected chi connectivity index (χ4v) is 1.13. The third-order valence-corrected chi connectivity index (χ3v) is 2.26.